The largest absolute Gasteiger partial charge is 0.350 e. The lowest BCUT2D eigenvalue weighted by Crippen LogP contribution is -2.57. The number of hydrogen-bond donors (Lipinski definition) is 2. The molecule has 0 aromatic heterocycles. The van der Waals surface area contributed by atoms with Crippen LogP contribution in [-0.2, 0) is 4.79 Å². The van der Waals surface area contributed by atoms with Crippen molar-refractivity contribution in [1.82, 2.24) is 15.5 Å². The van der Waals surface area contributed by atoms with Crippen molar-refractivity contribution in [2.75, 3.05) is 6.54 Å². The molecule has 0 bridgehead atoms. The van der Waals surface area contributed by atoms with Crippen LogP contribution in [0.2, 0.25) is 0 Å². The Morgan fingerprint density at radius 2 is 1.68 bits per heavy atom. The molecule has 0 spiro atoms. The number of rotatable bonds is 3. The Morgan fingerprint density at radius 1 is 1.00 bits per heavy atom. The molecule has 4 rings (SSSR count). The number of nitrogens with one attached hydrogen (secondary N) is 2. The molecule has 3 atom stereocenters. The Kier molecular flexibility index (Phi) is 4.29. The Hall–Kier alpha value is -2.21. The molecule has 3 aliphatic rings. The first kappa shape index (κ1) is 16.3. The summed E-state index contributed by atoms with van der Waals surface area (Å²) in [6.07, 6.45) is 5.36. The summed E-state index contributed by atoms with van der Waals surface area (Å²) in [4.78, 5) is 39.4. The SMILES string of the molecule is O=C(N[C@@H]1CCCC[C@H]1N1C(=O)c2ccccc2C1=O)[C@@H]1CCCN1. The van der Waals surface area contributed by atoms with E-state index in [2.05, 4.69) is 10.6 Å². The van der Waals surface area contributed by atoms with Crippen molar-refractivity contribution >= 4 is 17.7 Å². The van der Waals surface area contributed by atoms with Crippen LogP contribution in [0.4, 0.5) is 0 Å². The first-order chi connectivity index (χ1) is 12.2. The quantitative estimate of drug-likeness (QED) is 0.816. The van der Waals surface area contributed by atoms with Gasteiger partial charge in [-0.25, -0.2) is 0 Å². The molecule has 1 aliphatic carbocycles. The highest BCUT2D eigenvalue weighted by Gasteiger charge is 2.44. The third-order valence-corrected chi connectivity index (χ3v) is 5.59. The molecule has 6 heteroatoms. The minimum Gasteiger partial charge on any atom is -0.350 e. The lowest BCUT2D eigenvalue weighted by atomic mass is 9.88. The van der Waals surface area contributed by atoms with Crippen molar-refractivity contribution in [1.29, 1.82) is 0 Å². The van der Waals surface area contributed by atoms with Crippen molar-refractivity contribution < 1.29 is 14.4 Å². The highest BCUT2D eigenvalue weighted by atomic mass is 16.2. The molecule has 1 aromatic carbocycles. The van der Waals surface area contributed by atoms with Gasteiger partial charge in [-0.3, -0.25) is 19.3 Å². The minimum absolute atomic E-state index is 0.00832. The molecule has 25 heavy (non-hydrogen) atoms. The minimum atomic E-state index is -0.258. The lowest BCUT2D eigenvalue weighted by Gasteiger charge is -2.37. The van der Waals surface area contributed by atoms with Crippen LogP contribution >= 0.6 is 0 Å². The number of carbonyl (C=O) groups is 3. The van der Waals surface area contributed by atoms with Crippen LogP contribution in [0, 0.1) is 0 Å². The molecule has 0 unspecified atom stereocenters. The number of imide groups is 1. The van der Waals surface area contributed by atoms with Gasteiger partial charge in [0, 0.05) is 6.04 Å². The molecule has 1 aromatic rings. The summed E-state index contributed by atoms with van der Waals surface area (Å²) in [6.45, 7) is 0.866. The fourth-order valence-electron chi connectivity index (χ4n) is 4.29. The van der Waals surface area contributed by atoms with Gasteiger partial charge >= 0.3 is 0 Å². The second-order valence-corrected chi connectivity index (χ2v) is 7.14. The van der Waals surface area contributed by atoms with E-state index in [1.807, 2.05) is 0 Å². The fraction of sp³-hybridized carbons (Fsp3) is 0.526. The summed E-state index contributed by atoms with van der Waals surface area (Å²) in [5.41, 5.74) is 0.946. The Labute approximate surface area is 147 Å². The second-order valence-electron chi connectivity index (χ2n) is 7.14. The van der Waals surface area contributed by atoms with Gasteiger partial charge < -0.3 is 10.6 Å². The Balaban J connectivity index is 1.54. The van der Waals surface area contributed by atoms with Crippen LogP contribution in [0.3, 0.4) is 0 Å². The maximum absolute atomic E-state index is 12.8. The Bertz CT molecular complexity index is 677. The smallest absolute Gasteiger partial charge is 0.261 e. The molecule has 1 saturated carbocycles. The zero-order chi connectivity index (χ0) is 17.4. The lowest BCUT2D eigenvalue weighted by molar-refractivity contribution is -0.124. The molecule has 2 fully saturated rings. The highest BCUT2D eigenvalue weighted by Crippen LogP contribution is 2.31. The summed E-state index contributed by atoms with van der Waals surface area (Å²) >= 11 is 0. The van der Waals surface area contributed by atoms with Gasteiger partial charge in [0.05, 0.1) is 23.2 Å². The van der Waals surface area contributed by atoms with E-state index in [0.29, 0.717) is 11.1 Å². The molecular formula is C19H23N3O3. The molecular weight excluding hydrogens is 318 g/mol. The normalized spacial score (nSPS) is 29.0. The van der Waals surface area contributed by atoms with Crippen molar-refractivity contribution in [3.8, 4) is 0 Å². The van der Waals surface area contributed by atoms with Crippen LogP contribution in [0.15, 0.2) is 24.3 Å². The van der Waals surface area contributed by atoms with Crippen molar-refractivity contribution in [2.45, 2.75) is 56.7 Å². The van der Waals surface area contributed by atoms with Crippen molar-refractivity contribution in [3.63, 3.8) is 0 Å². The second kappa shape index (κ2) is 6.59. The van der Waals surface area contributed by atoms with Crippen LogP contribution in [-0.4, -0.2) is 47.3 Å². The third-order valence-electron chi connectivity index (χ3n) is 5.59. The van der Waals surface area contributed by atoms with E-state index in [9.17, 15) is 14.4 Å². The van der Waals surface area contributed by atoms with Crippen LogP contribution in [0.25, 0.3) is 0 Å². The zero-order valence-electron chi connectivity index (χ0n) is 14.2. The third kappa shape index (κ3) is 2.84. The summed E-state index contributed by atoms with van der Waals surface area (Å²) in [7, 11) is 0. The van der Waals surface area contributed by atoms with Gasteiger partial charge in [0.25, 0.3) is 11.8 Å². The van der Waals surface area contributed by atoms with Gasteiger partial charge in [0.1, 0.15) is 0 Å². The zero-order valence-corrected chi connectivity index (χ0v) is 14.2. The molecule has 6 nitrogen and oxygen atoms in total. The number of benzene rings is 1. The number of amides is 3. The van der Waals surface area contributed by atoms with E-state index in [0.717, 1.165) is 45.1 Å². The maximum atomic E-state index is 12.8. The van der Waals surface area contributed by atoms with E-state index >= 15 is 0 Å². The van der Waals surface area contributed by atoms with Crippen LogP contribution in [0.1, 0.15) is 59.2 Å². The first-order valence-electron chi connectivity index (χ1n) is 9.17. The average Bonchev–Trinajstić information content (AvgIpc) is 3.25. The number of hydrogen-bond acceptors (Lipinski definition) is 4. The van der Waals surface area contributed by atoms with Gasteiger partial charge in [0.2, 0.25) is 5.91 Å². The topological polar surface area (TPSA) is 78.5 Å². The standard InChI is InChI=1S/C19H23N3O3/c23-17(15-9-5-11-20-15)21-14-8-3-4-10-16(14)22-18(24)12-6-1-2-7-13(12)19(22)25/h1-2,6-7,14-16,20H,3-5,8-11H2,(H,21,23)/t14-,15+,16-/m1/s1. The summed E-state index contributed by atoms with van der Waals surface area (Å²) < 4.78 is 0. The summed E-state index contributed by atoms with van der Waals surface area (Å²) in [5.74, 6) is -0.470. The molecule has 1 saturated heterocycles. The first-order valence-corrected chi connectivity index (χ1v) is 9.17. The van der Waals surface area contributed by atoms with E-state index in [4.69, 9.17) is 0 Å². The van der Waals surface area contributed by atoms with Gasteiger partial charge in [-0.2, -0.15) is 0 Å². The van der Waals surface area contributed by atoms with E-state index in [-0.39, 0.29) is 35.8 Å². The fourth-order valence-corrected chi connectivity index (χ4v) is 4.29. The molecule has 2 heterocycles. The van der Waals surface area contributed by atoms with Gasteiger partial charge in [-0.05, 0) is 44.4 Å². The van der Waals surface area contributed by atoms with Crippen LogP contribution < -0.4 is 10.6 Å². The van der Waals surface area contributed by atoms with Crippen molar-refractivity contribution in [2.24, 2.45) is 0 Å². The summed E-state index contributed by atoms with van der Waals surface area (Å²) in [5, 5.41) is 6.31. The van der Waals surface area contributed by atoms with Crippen LogP contribution in [0.5, 0.6) is 0 Å². The predicted octanol–water partition coefficient (Wildman–Crippen LogP) is 1.46. The molecule has 0 radical (unpaired) electrons. The predicted molar refractivity (Wildman–Crippen MR) is 92.2 cm³/mol. The summed E-state index contributed by atoms with van der Waals surface area (Å²) in [6, 6.07) is 6.39. The molecule has 132 valence electrons. The number of nitrogens with zero attached hydrogens (tertiary/aromatic N) is 1. The molecule has 2 aliphatic heterocycles. The van der Waals surface area contributed by atoms with E-state index < -0.39 is 0 Å². The van der Waals surface area contributed by atoms with Crippen molar-refractivity contribution in [3.05, 3.63) is 35.4 Å². The number of carbonyl (C=O) groups excluding carboxylic acids is 3. The average molecular weight is 341 g/mol. The highest BCUT2D eigenvalue weighted by molar-refractivity contribution is 6.21. The van der Waals surface area contributed by atoms with Gasteiger partial charge in [0.15, 0.2) is 0 Å². The molecule has 3 amide bonds. The van der Waals surface area contributed by atoms with Gasteiger partial charge in [-0.15, -0.1) is 0 Å². The monoisotopic (exact) mass is 341 g/mol. The maximum Gasteiger partial charge on any atom is 0.261 e. The number of fused-ring (bicyclic) bond motifs is 1. The Morgan fingerprint density at radius 3 is 2.32 bits per heavy atom. The van der Waals surface area contributed by atoms with Gasteiger partial charge in [-0.1, -0.05) is 25.0 Å². The molecule has 2 N–H and O–H groups in total. The van der Waals surface area contributed by atoms with E-state index in [1.54, 1.807) is 24.3 Å². The van der Waals surface area contributed by atoms with E-state index in [1.165, 1.54) is 4.90 Å².